The number of primary amides is 1. The van der Waals surface area contributed by atoms with E-state index in [0.717, 1.165) is 5.56 Å². The first-order chi connectivity index (χ1) is 9.08. The molecule has 0 saturated heterocycles. The molecule has 0 aromatic heterocycles. The van der Waals surface area contributed by atoms with Gasteiger partial charge >= 0.3 is 6.09 Å². The molecule has 19 heavy (non-hydrogen) atoms. The first-order valence-electron chi connectivity index (χ1n) is 6.30. The molecule has 5 nitrogen and oxygen atoms in total. The van der Waals surface area contributed by atoms with Crippen LogP contribution in [-0.2, 0) is 16.1 Å². The van der Waals surface area contributed by atoms with Gasteiger partial charge in [0, 0.05) is 13.0 Å². The summed E-state index contributed by atoms with van der Waals surface area (Å²) in [5.74, 6) is -0.129. The maximum Gasteiger partial charge on any atom is 0.407 e. The van der Waals surface area contributed by atoms with E-state index in [2.05, 4.69) is 5.32 Å². The summed E-state index contributed by atoms with van der Waals surface area (Å²) in [5.41, 5.74) is 6.00. The van der Waals surface area contributed by atoms with E-state index in [-0.39, 0.29) is 18.4 Å². The molecule has 1 aromatic rings. The molecular formula is C14H20N2O3. The lowest BCUT2D eigenvalue weighted by Gasteiger charge is -2.12. The lowest BCUT2D eigenvalue weighted by atomic mass is 10.1. The molecule has 0 aliphatic heterocycles. The van der Waals surface area contributed by atoms with Gasteiger partial charge in [-0.3, -0.25) is 4.79 Å². The standard InChI is InChI=1S/C14H20N2O3/c1-11(7-8-13(15)17)9-16-14(18)19-10-12-5-3-2-4-6-12/h2-6,11H,7-10H2,1H3,(H2,15,17)(H,16,18)/t11-/m1/s1. The molecule has 5 heteroatoms. The third kappa shape index (κ3) is 7.08. The van der Waals surface area contributed by atoms with Crippen LogP contribution in [0, 0.1) is 5.92 Å². The third-order valence-corrected chi connectivity index (χ3v) is 2.69. The predicted molar refractivity (Wildman–Crippen MR) is 72.2 cm³/mol. The summed E-state index contributed by atoms with van der Waals surface area (Å²) in [6, 6.07) is 9.47. The zero-order valence-electron chi connectivity index (χ0n) is 11.1. The van der Waals surface area contributed by atoms with Crippen LogP contribution in [0.5, 0.6) is 0 Å². The Morgan fingerprint density at radius 3 is 2.63 bits per heavy atom. The van der Waals surface area contributed by atoms with Gasteiger partial charge < -0.3 is 15.8 Å². The maximum atomic E-state index is 11.4. The Kier molecular flexibility index (Phi) is 6.43. The Hall–Kier alpha value is -2.04. The van der Waals surface area contributed by atoms with Crippen LogP contribution in [0.2, 0.25) is 0 Å². The van der Waals surface area contributed by atoms with Crippen LogP contribution in [0.1, 0.15) is 25.3 Å². The van der Waals surface area contributed by atoms with Gasteiger partial charge in [0.15, 0.2) is 0 Å². The highest BCUT2D eigenvalue weighted by molar-refractivity contribution is 5.73. The Balaban J connectivity index is 2.16. The molecule has 2 amide bonds. The molecule has 0 radical (unpaired) electrons. The smallest absolute Gasteiger partial charge is 0.407 e. The molecule has 1 aromatic carbocycles. The van der Waals surface area contributed by atoms with E-state index >= 15 is 0 Å². The van der Waals surface area contributed by atoms with Gasteiger partial charge in [-0.25, -0.2) is 4.79 Å². The van der Waals surface area contributed by atoms with Crippen molar-refractivity contribution in [3.05, 3.63) is 35.9 Å². The maximum absolute atomic E-state index is 11.4. The van der Waals surface area contributed by atoms with E-state index < -0.39 is 6.09 Å². The van der Waals surface area contributed by atoms with Crippen molar-refractivity contribution < 1.29 is 14.3 Å². The van der Waals surface area contributed by atoms with Crippen LogP contribution in [-0.4, -0.2) is 18.5 Å². The summed E-state index contributed by atoms with van der Waals surface area (Å²) in [5, 5.41) is 2.66. The molecular weight excluding hydrogens is 244 g/mol. The number of benzene rings is 1. The van der Waals surface area contributed by atoms with Gasteiger partial charge in [0.1, 0.15) is 6.61 Å². The summed E-state index contributed by atoms with van der Waals surface area (Å²) in [4.78, 5) is 22.0. The highest BCUT2D eigenvalue weighted by Crippen LogP contribution is 2.04. The summed E-state index contributed by atoms with van der Waals surface area (Å²) in [6.07, 6.45) is 0.547. The van der Waals surface area contributed by atoms with E-state index in [1.54, 1.807) is 0 Å². The van der Waals surface area contributed by atoms with Crippen molar-refractivity contribution >= 4 is 12.0 Å². The number of amides is 2. The molecule has 104 valence electrons. The van der Waals surface area contributed by atoms with E-state index in [4.69, 9.17) is 10.5 Å². The predicted octanol–water partition coefficient (Wildman–Crippen LogP) is 1.81. The highest BCUT2D eigenvalue weighted by atomic mass is 16.5. The molecule has 0 unspecified atom stereocenters. The van der Waals surface area contributed by atoms with Gasteiger partial charge in [-0.15, -0.1) is 0 Å². The SMILES string of the molecule is C[C@H](CCC(N)=O)CNC(=O)OCc1ccccc1. The quantitative estimate of drug-likeness (QED) is 0.788. The molecule has 0 bridgehead atoms. The summed E-state index contributed by atoms with van der Waals surface area (Å²) < 4.78 is 5.06. The fourth-order valence-corrected chi connectivity index (χ4v) is 1.52. The van der Waals surface area contributed by atoms with Crippen molar-refractivity contribution in [1.29, 1.82) is 0 Å². The molecule has 0 aliphatic rings. The zero-order valence-corrected chi connectivity index (χ0v) is 11.1. The minimum absolute atomic E-state index is 0.191. The molecule has 0 spiro atoms. The Morgan fingerprint density at radius 1 is 1.32 bits per heavy atom. The van der Waals surface area contributed by atoms with Gasteiger partial charge in [0.2, 0.25) is 5.91 Å². The van der Waals surface area contributed by atoms with Crippen LogP contribution in [0.3, 0.4) is 0 Å². The number of carbonyl (C=O) groups excluding carboxylic acids is 2. The Bertz CT molecular complexity index is 406. The molecule has 0 saturated carbocycles. The molecule has 0 aliphatic carbocycles. The number of ether oxygens (including phenoxy) is 1. The van der Waals surface area contributed by atoms with E-state index in [1.807, 2.05) is 37.3 Å². The summed E-state index contributed by atoms with van der Waals surface area (Å²) >= 11 is 0. The van der Waals surface area contributed by atoms with E-state index in [1.165, 1.54) is 0 Å². The second kappa shape index (κ2) is 8.13. The second-order valence-electron chi connectivity index (χ2n) is 4.55. The van der Waals surface area contributed by atoms with Crippen molar-refractivity contribution in [2.75, 3.05) is 6.54 Å². The van der Waals surface area contributed by atoms with Crippen molar-refractivity contribution in [1.82, 2.24) is 5.32 Å². The monoisotopic (exact) mass is 264 g/mol. The van der Waals surface area contributed by atoms with Gasteiger partial charge in [0.25, 0.3) is 0 Å². The number of hydrogen-bond donors (Lipinski definition) is 2. The van der Waals surface area contributed by atoms with Crippen LogP contribution >= 0.6 is 0 Å². The Labute approximate surface area is 113 Å². The molecule has 0 heterocycles. The average Bonchev–Trinajstić information content (AvgIpc) is 2.41. The fraction of sp³-hybridized carbons (Fsp3) is 0.429. The number of rotatable bonds is 7. The Morgan fingerprint density at radius 2 is 2.00 bits per heavy atom. The second-order valence-corrected chi connectivity index (χ2v) is 4.55. The lowest BCUT2D eigenvalue weighted by molar-refractivity contribution is -0.118. The molecule has 1 atom stereocenters. The summed E-state index contributed by atoms with van der Waals surface area (Å²) in [6.45, 7) is 2.67. The van der Waals surface area contributed by atoms with Crippen LogP contribution in [0.4, 0.5) is 4.79 Å². The molecule has 1 rings (SSSR count). The first-order valence-corrected chi connectivity index (χ1v) is 6.30. The fourth-order valence-electron chi connectivity index (χ4n) is 1.52. The summed E-state index contributed by atoms with van der Waals surface area (Å²) in [7, 11) is 0. The van der Waals surface area contributed by atoms with Gasteiger partial charge in [-0.2, -0.15) is 0 Å². The minimum atomic E-state index is -0.449. The minimum Gasteiger partial charge on any atom is -0.445 e. The first kappa shape index (κ1) is 15.0. The average molecular weight is 264 g/mol. The number of alkyl carbamates (subject to hydrolysis) is 1. The van der Waals surface area contributed by atoms with Crippen molar-refractivity contribution in [3.8, 4) is 0 Å². The topological polar surface area (TPSA) is 81.4 Å². The normalized spacial score (nSPS) is 11.6. The van der Waals surface area contributed by atoms with Gasteiger partial charge in [0.05, 0.1) is 0 Å². The molecule has 3 N–H and O–H groups in total. The van der Waals surface area contributed by atoms with Crippen LogP contribution in [0.25, 0.3) is 0 Å². The number of hydrogen-bond acceptors (Lipinski definition) is 3. The van der Waals surface area contributed by atoms with E-state index in [9.17, 15) is 9.59 Å². The van der Waals surface area contributed by atoms with E-state index in [0.29, 0.717) is 19.4 Å². The molecule has 0 fully saturated rings. The highest BCUT2D eigenvalue weighted by Gasteiger charge is 2.07. The number of nitrogens with two attached hydrogens (primary N) is 1. The van der Waals surface area contributed by atoms with Crippen molar-refractivity contribution in [3.63, 3.8) is 0 Å². The zero-order chi connectivity index (χ0) is 14.1. The van der Waals surface area contributed by atoms with Crippen LogP contribution < -0.4 is 11.1 Å². The van der Waals surface area contributed by atoms with Crippen molar-refractivity contribution in [2.24, 2.45) is 11.7 Å². The van der Waals surface area contributed by atoms with Crippen molar-refractivity contribution in [2.45, 2.75) is 26.4 Å². The largest absolute Gasteiger partial charge is 0.445 e. The lowest BCUT2D eigenvalue weighted by Crippen LogP contribution is -2.29. The number of nitrogens with one attached hydrogen (secondary N) is 1. The third-order valence-electron chi connectivity index (χ3n) is 2.69. The van der Waals surface area contributed by atoms with Gasteiger partial charge in [-0.1, -0.05) is 37.3 Å². The van der Waals surface area contributed by atoms with Gasteiger partial charge in [-0.05, 0) is 17.9 Å². The van der Waals surface area contributed by atoms with Crippen LogP contribution in [0.15, 0.2) is 30.3 Å². The number of carbonyl (C=O) groups is 2.